The molecule has 0 atom stereocenters. The zero-order chi connectivity index (χ0) is 13.1. The highest BCUT2D eigenvalue weighted by molar-refractivity contribution is 5.99. The molecule has 18 heavy (non-hydrogen) atoms. The first-order chi connectivity index (χ1) is 8.59. The van der Waals surface area contributed by atoms with Gasteiger partial charge in [0.25, 0.3) is 0 Å². The molecule has 0 spiro atoms. The summed E-state index contributed by atoms with van der Waals surface area (Å²) >= 11 is 0. The summed E-state index contributed by atoms with van der Waals surface area (Å²) in [5, 5.41) is 7.93. The fourth-order valence-electron chi connectivity index (χ4n) is 2.19. The number of hydrogen-bond donors (Lipinski definition) is 1. The standard InChI is InChI=1S/C17H19N/c1-12(2)16-10-9-15(11-17(16)13(3)18)14-7-5-4-6-8-14/h4-12,18H,1-3H3. The van der Waals surface area contributed by atoms with E-state index in [1.165, 1.54) is 16.7 Å². The van der Waals surface area contributed by atoms with Crippen LogP contribution in [-0.4, -0.2) is 5.71 Å². The van der Waals surface area contributed by atoms with Gasteiger partial charge in [0.1, 0.15) is 0 Å². The van der Waals surface area contributed by atoms with Crippen LogP contribution in [-0.2, 0) is 0 Å². The molecule has 0 unspecified atom stereocenters. The van der Waals surface area contributed by atoms with Crippen LogP contribution < -0.4 is 0 Å². The third kappa shape index (κ3) is 2.51. The van der Waals surface area contributed by atoms with Crippen molar-refractivity contribution in [2.45, 2.75) is 26.7 Å². The van der Waals surface area contributed by atoms with Crippen molar-refractivity contribution in [3.05, 3.63) is 59.7 Å². The molecule has 0 saturated carbocycles. The number of hydrogen-bond acceptors (Lipinski definition) is 1. The van der Waals surface area contributed by atoms with Crippen LogP contribution in [0, 0.1) is 5.41 Å². The maximum atomic E-state index is 7.93. The van der Waals surface area contributed by atoms with Gasteiger partial charge in [-0.25, -0.2) is 0 Å². The lowest BCUT2D eigenvalue weighted by atomic mass is 9.91. The average molecular weight is 237 g/mol. The van der Waals surface area contributed by atoms with Crippen molar-refractivity contribution in [3.8, 4) is 11.1 Å². The zero-order valence-corrected chi connectivity index (χ0v) is 11.2. The fourth-order valence-corrected chi connectivity index (χ4v) is 2.19. The van der Waals surface area contributed by atoms with Gasteiger partial charge in [-0.2, -0.15) is 0 Å². The normalized spacial score (nSPS) is 10.7. The van der Waals surface area contributed by atoms with Crippen LogP contribution in [0.25, 0.3) is 11.1 Å². The largest absolute Gasteiger partial charge is 0.305 e. The molecule has 2 aromatic rings. The Hall–Kier alpha value is -1.89. The molecule has 1 heteroatoms. The smallest absolute Gasteiger partial charge is 0.0358 e. The second kappa shape index (κ2) is 5.18. The highest BCUT2D eigenvalue weighted by Crippen LogP contribution is 2.26. The van der Waals surface area contributed by atoms with Crippen LogP contribution in [0.3, 0.4) is 0 Å². The molecule has 1 nitrogen and oxygen atoms in total. The Balaban J connectivity index is 2.54. The molecule has 0 aliphatic carbocycles. The summed E-state index contributed by atoms with van der Waals surface area (Å²) in [5.74, 6) is 0.449. The Labute approximate surface area is 109 Å². The maximum absolute atomic E-state index is 7.93. The van der Waals surface area contributed by atoms with Gasteiger partial charge in [-0.3, -0.25) is 0 Å². The lowest BCUT2D eigenvalue weighted by molar-refractivity contribution is 0.864. The van der Waals surface area contributed by atoms with E-state index in [9.17, 15) is 0 Å². The second-order valence-electron chi connectivity index (χ2n) is 4.95. The van der Waals surface area contributed by atoms with Crippen LogP contribution in [0.5, 0.6) is 0 Å². The minimum Gasteiger partial charge on any atom is -0.305 e. The van der Waals surface area contributed by atoms with Gasteiger partial charge in [-0.1, -0.05) is 56.3 Å². The Bertz CT molecular complexity index is 553. The van der Waals surface area contributed by atoms with E-state index in [0.29, 0.717) is 11.6 Å². The van der Waals surface area contributed by atoms with E-state index in [1.54, 1.807) is 0 Å². The molecule has 0 amide bonds. The van der Waals surface area contributed by atoms with Gasteiger partial charge in [-0.05, 0) is 41.2 Å². The molecule has 0 radical (unpaired) electrons. The van der Waals surface area contributed by atoms with E-state index < -0.39 is 0 Å². The third-order valence-electron chi connectivity index (χ3n) is 3.19. The quantitative estimate of drug-likeness (QED) is 0.737. The molecule has 0 aliphatic rings. The van der Waals surface area contributed by atoms with Crippen molar-refractivity contribution < 1.29 is 0 Å². The number of nitrogens with one attached hydrogen (secondary N) is 1. The molecule has 0 fully saturated rings. The lowest BCUT2D eigenvalue weighted by Crippen LogP contribution is -2.01. The summed E-state index contributed by atoms with van der Waals surface area (Å²) in [4.78, 5) is 0. The Morgan fingerprint density at radius 3 is 2.17 bits per heavy atom. The van der Waals surface area contributed by atoms with Gasteiger partial charge in [0.05, 0.1) is 0 Å². The summed E-state index contributed by atoms with van der Waals surface area (Å²) in [7, 11) is 0. The van der Waals surface area contributed by atoms with Crippen molar-refractivity contribution in [2.24, 2.45) is 0 Å². The molecular formula is C17H19N. The Kier molecular flexibility index (Phi) is 3.61. The van der Waals surface area contributed by atoms with Gasteiger partial charge in [0, 0.05) is 5.71 Å². The number of rotatable bonds is 3. The first-order valence-electron chi connectivity index (χ1n) is 6.34. The van der Waals surface area contributed by atoms with E-state index in [0.717, 1.165) is 5.56 Å². The maximum Gasteiger partial charge on any atom is 0.0358 e. The fraction of sp³-hybridized carbons (Fsp3) is 0.235. The highest BCUT2D eigenvalue weighted by atomic mass is 14.4. The first kappa shape index (κ1) is 12.6. The molecule has 0 saturated heterocycles. The van der Waals surface area contributed by atoms with Gasteiger partial charge in [0.15, 0.2) is 0 Å². The second-order valence-corrected chi connectivity index (χ2v) is 4.95. The predicted molar refractivity (Wildman–Crippen MR) is 78.5 cm³/mol. The molecular weight excluding hydrogens is 218 g/mol. The van der Waals surface area contributed by atoms with Gasteiger partial charge in [-0.15, -0.1) is 0 Å². The molecule has 2 rings (SSSR count). The molecule has 0 aliphatic heterocycles. The van der Waals surface area contributed by atoms with Crippen LogP contribution >= 0.6 is 0 Å². The summed E-state index contributed by atoms with van der Waals surface area (Å²) in [5.41, 5.74) is 5.34. The van der Waals surface area contributed by atoms with Crippen LogP contribution in [0.2, 0.25) is 0 Å². The van der Waals surface area contributed by atoms with Crippen molar-refractivity contribution in [2.75, 3.05) is 0 Å². The van der Waals surface area contributed by atoms with Gasteiger partial charge >= 0.3 is 0 Å². The topological polar surface area (TPSA) is 23.9 Å². The van der Waals surface area contributed by atoms with Gasteiger partial charge < -0.3 is 5.41 Å². The molecule has 0 bridgehead atoms. The minimum absolute atomic E-state index is 0.449. The SMILES string of the molecule is CC(=N)c1cc(-c2ccccc2)ccc1C(C)C. The summed E-state index contributed by atoms with van der Waals surface area (Å²) in [6.07, 6.45) is 0. The van der Waals surface area contributed by atoms with Gasteiger partial charge in [0.2, 0.25) is 0 Å². The Morgan fingerprint density at radius 1 is 0.944 bits per heavy atom. The molecule has 0 aromatic heterocycles. The van der Waals surface area contributed by atoms with E-state index in [4.69, 9.17) is 5.41 Å². The predicted octanol–water partition coefficient (Wildman–Crippen LogP) is 4.86. The van der Waals surface area contributed by atoms with Crippen molar-refractivity contribution in [1.29, 1.82) is 5.41 Å². The first-order valence-corrected chi connectivity index (χ1v) is 6.34. The monoisotopic (exact) mass is 237 g/mol. The van der Waals surface area contributed by atoms with Crippen LogP contribution in [0.1, 0.15) is 37.8 Å². The summed E-state index contributed by atoms with van der Waals surface area (Å²) in [6.45, 7) is 6.20. The van der Waals surface area contributed by atoms with E-state index in [1.807, 2.05) is 25.1 Å². The van der Waals surface area contributed by atoms with E-state index in [2.05, 4.69) is 44.2 Å². The zero-order valence-electron chi connectivity index (χ0n) is 11.2. The third-order valence-corrected chi connectivity index (χ3v) is 3.19. The molecule has 92 valence electrons. The van der Waals surface area contributed by atoms with Crippen LogP contribution in [0.15, 0.2) is 48.5 Å². The molecule has 2 aromatic carbocycles. The summed E-state index contributed by atoms with van der Waals surface area (Å²) < 4.78 is 0. The molecule has 1 N–H and O–H groups in total. The highest BCUT2D eigenvalue weighted by Gasteiger charge is 2.09. The van der Waals surface area contributed by atoms with Crippen molar-refractivity contribution in [1.82, 2.24) is 0 Å². The lowest BCUT2D eigenvalue weighted by Gasteiger charge is -2.14. The van der Waals surface area contributed by atoms with Crippen molar-refractivity contribution >= 4 is 5.71 Å². The van der Waals surface area contributed by atoms with E-state index >= 15 is 0 Å². The minimum atomic E-state index is 0.449. The summed E-state index contributed by atoms with van der Waals surface area (Å²) in [6, 6.07) is 16.8. The molecule has 0 heterocycles. The van der Waals surface area contributed by atoms with Crippen molar-refractivity contribution in [3.63, 3.8) is 0 Å². The van der Waals surface area contributed by atoms with Crippen LogP contribution in [0.4, 0.5) is 0 Å². The number of benzene rings is 2. The Morgan fingerprint density at radius 2 is 1.61 bits per heavy atom. The van der Waals surface area contributed by atoms with E-state index in [-0.39, 0.29) is 0 Å². The average Bonchev–Trinajstić information content (AvgIpc) is 2.39.